The second-order valence-electron chi connectivity index (χ2n) is 5.61. The van der Waals surface area contributed by atoms with Crippen LogP contribution in [0.1, 0.15) is 37.0 Å². The first-order valence-electron chi connectivity index (χ1n) is 6.58. The van der Waals surface area contributed by atoms with Crippen molar-refractivity contribution >= 4 is 0 Å². The molecule has 1 saturated heterocycles. The molecular formula is C15H23NO2. The minimum absolute atomic E-state index is 0.0553. The van der Waals surface area contributed by atoms with E-state index in [2.05, 4.69) is 19.2 Å². The van der Waals surface area contributed by atoms with Gasteiger partial charge in [-0.25, -0.2) is 0 Å². The predicted molar refractivity (Wildman–Crippen MR) is 72.9 cm³/mol. The largest absolute Gasteiger partial charge is 0.507 e. The summed E-state index contributed by atoms with van der Waals surface area (Å²) in [6, 6.07) is 4.08. The van der Waals surface area contributed by atoms with E-state index in [4.69, 9.17) is 4.74 Å². The average Bonchev–Trinajstić information content (AvgIpc) is 2.64. The lowest BCUT2D eigenvalue weighted by Gasteiger charge is -2.29. The summed E-state index contributed by atoms with van der Waals surface area (Å²) in [6.07, 6.45) is 1.29. The van der Waals surface area contributed by atoms with Gasteiger partial charge in [-0.2, -0.15) is 0 Å². The van der Waals surface area contributed by atoms with Crippen molar-refractivity contribution in [1.82, 2.24) is 5.32 Å². The number of phenolic OH excluding ortho intramolecular Hbond substituents is 1. The number of nitrogens with one attached hydrogen (secondary N) is 1. The smallest absolute Gasteiger partial charge is 0.121 e. The van der Waals surface area contributed by atoms with Gasteiger partial charge in [-0.05, 0) is 50.8 Å². The molecule has 0 radical (unpaired) electrons. The zero-order valence-electron chi connectivity index (χ0n) is 11.7. The van der Waals surface area contributed by atoms with Gasteiger partial charge in [0.25, 0.3) is 0 Å². The number of rotatable bonds is 3. The normalized spacial score (nSPS) is 27.7. The molecule has 1 heterocycles. The molecule has 3 heteroatoms. The number of benzene rings is 1. The Morgan fingerprint density at radius 3 is 2.50 bits per heavy atom. The molecule has 1 aromatic rings. The molecule has 0 aromatic heterocycles. The number of hydrogen-bond donors (Lipinski definition) is 2. The zero-order chi connectivity index (χ0) is 13.3. The van der Waals surface area contributed by atoms with E-state index in [0.29, 0.717) is 5.75 Å². The first-order chi connectivity index (χ1) is 8.42. The Morgan fingerprint density at radius 1 is 1.39 bits per heavy atom. The Hall–Kier alpha value is -1.06. The third-order valence-electron chi connectivity index (χ3n) is 4.13. The zero-order valence-corrected chi connectivity index (χ0v) is 11.7. The Morgan fingerprint density at radius 2 is 2.00 bits per heavy atom. The van der Waals surface area contributed by atoms with Gasteiger partial charge in [-0.1, -0.05) is 12.1 Å². The van der Waals surface area contributed by atoms with Crippen molar-refractivity contribution < 1.29 is 9.84 Å². The molecule has 1 aromatic carbocycles. The third kappa shape index (κ3) is 2.52. The summed E-state index contributed by atoms with van der Waals surface area (Å²) in [7, 11) is 0. The number of aryl methyl sites for hydroxylation is 2. The second kappa shape index (κ2) is 4.90. The lowest BCUT2D eigenvalue weighted by atomic mass is 9.94. The van der Waals surface area contributed by atoms with Crippen molar-refractivity contribution in [3.63, 3.8) is 0 Å². The van der Waals surface area contributed by atoms with E-state index in [1.165, 1.54) is 5.56 Å². The number of hydrogen-bond acceptors (Lipinski definition) is 3. The van der Waals surface area contributed by atoms with Crippen molar-refractivity contribution in [3.05, 3.63) is 28.8 Å². The van der Waals surface area contributed by atoms with Gasteiger partial charge in [-0.3, -0.25) is 0 Å². The van der Waals surface area contributed by atoms with Crippen LogP contribution in [-0.4, -0.2) is 23.4 Å². The van der Waals surface area contributed by atoms with E-state index >= 15 is 0 Å². The number of phenols is 1. The number of ether oxygens (including phenoxy) is 1. The van der Waals surface area contributed by atoms with Gasteiger partial charge in [-0.15, -0.1) is 0 Å². The second-order valence-corrected chi connectivity index (χ2v) is 5.61. The average molecular weight is 249 g/mol. The molecule has 1 aliphatic rings. The predicted octanol–water partition coefficient (Wildman–Crippen LogP) is 2.67. The summed E-state index contributed by atoms with van der Waals surface area (Å²) in [5.41, 5.74) is 3.14. The van der Waals surface area contributed by atoms with Crippen LogP contribution >= 0.6 is 0 Å². The molecule has 0 amide bonds. The fourth-order valence-corrected chi connectivity index (χ4v) is 2.52. The highest BCUT2D eigenvalue weighted by atomic mass is 16.5. The van der Waals surface area contributed by atoms with Crippen LogP contribution in [0.3, 0.4) is 0 Å². The molecular weight excluding hydrogens is 226 g/mol. The SMILES string of the molecule is Cc1cc(CNC2(C)CCOC2C)cc(C)c1O. The third-order valence-corrected chi connectivity index (χ3v) is 4.13. The molecule has 0 bridgehead atoms. The summed E-state index contributed by atoms with van der Waals surface area (Å²) in [5.74, 6) is 0.405. The standard InChI is InChI=1S/C15H23NO2/c1-10-7-13(8-11(2)14(10)17)9-16-15(4)5-6-18-12(15)3/h7-8,12,16-17H,5-6,9H2,1-4H3. The van der Waals surface area contributed by atoms with Gasteiger partial charge < -0.3 is 15.2 Å². The Labute approximate surface area is 109 Å². The monoisotopic (exact) mass is 249 g/mol. The molecule has 3 nitrogen and oxygen atoms in total. The van der Waals surface area contributed by atoms with Crippen LogP contribution in [-0.2, 0) is 11.3 Å². The molecule has 18 heavy (non-hydrogen) atoms. The first-order valence-corrected chi connectivity index (χ1v) is 6.58. The van der Waals surface area contributed by atoms with Gasteiger partial charge in [0.1, 0.15) is 5.75 Å². The van der Waals surface area contributed by atoms with Gasteiger partial charge in [0.15, 0.2) is 0 Å². The van der Waals surface area contributed by atoms with Crippen molar-refractivity contribution in [3.8, 4) is 5.75 Å². The summed E-state index contributed by atoms with van der Waals surface area (Å²) >= 11 is 0. The van der Waals surface area contributed by atoms with Gasteiger partial charge in [0.05, 0.1) is 6.10 Å². The highest BCUT2D eigenvalue weighted by Gasteiger charge is 2.36. The van der Waals surface area contributed by atoms with Gasteiger partial charge in [0.2, 0.25) is 0 Å². The van der Waals surface area contributed by atoms with Crippen molar-refractivity contribution in [2.45, 2.75) is 52.3 Å². The van der Waals surface area contributed by atoms with E-state index in [-0.39, 0.29) is 11.6 Å². The Bertz CT molecular complexity index is 421. The van der Waals surface area contributed by atoms with Crippen LogP contribution in [0.4, 0.5) is 0 Å². The van der Waals surface area contributed by atoms with E-state index in [0.717, 1.165) is 30.7 Å². The van der Waals surface area contributed by atoms with Crippen LogP contribution < -0.4 is 5.32 Å². The van der Waals surface area contributed by atoms with Gasteiger partial charge >= 0.3 is 0 Å². The van der Waals surface area contributed by atoms with E-state index in [1.54, 1.807) is 0 Å². The van der Waals surface area contributed by atoms with Crippen LogP contribution in [0.2, 0.25) is 0 Å². The molecule has 2 unspecified atom stereocenters. The highest BCUT2D eigenvalue weighted by Crippen LogP contribution is 2.27. The highest BCUT2D eigenvalue weighted by molar-refractivity contribution is 5.42. The van der Waals surface area contributed by atoms with Crippen LogP contribution in [0.15, 0.2) is 12.1 Å². The molecule has 0 spiro atoms. The minimum Gasteiger partial charge on any atom is -0.507 e. The van der Waals surface area contributed by atoms with Crippen molar-refractivity contribution in [2.24, 2.45) is 0 Å². The Kier molecular flexibility index (Phi) is 3.64. The molecule has 2 rings (SSSR count). The maximum atomic E-state index is 9.76. The summed E-state index contributed by atoms with van der Waals surface area (Å²) in [5, 5.41) is 13.4. The molecule has 100 valence electrons. The fourth-order valence-electron chi connectivity index (χ4n) is 2.52. The summed E-state index contributed by atoms with van der Waals surface area (Å²) < 4.78 is 5.62. The maximum Gasteiger partial charge on any atom is 0.121 e. The molecule has 0 aliphatic carbocycles. The van der Waals surface area contributed by atoms with Crippen molar-refractivity contribution in [1.29, 1.82) is 0 Å². The maximum absolute atomic E-state index is 9.76. The number of aromatic hydroxyl groups is 1. The van der Waals surface area contributed by atoms with Gasteiger partial charge in [0, 0.05) is 18.7 Å². The van der Waals surface area contributed by atoms with E-state index < -0.39 is 0 Å². The molecule has 1 aliphatic heterocycles. The minimum atomic E-state index is 0.0553. The molecule has 1 fully saturated rings. The lowest BCUT2D eigenvalue weighted by Crippen LogP contribution is -2.47. The molecule has 0 saturated carbocycles. The summed E-state index contributed by atoms with van der Waals surface area (Å²) in [6.45, 7) is 9.85. The van der Waals surface area contributed by atoms with E-state index in [1.807, 2.05) is 26.0 Å². The van der Waals surface area contributed by atoms with Crippen LogP contribution in [0.5, 0.6) is 5.75 Å². The van der Waals surface area contributed by atoms with Crippen molar-refractivity contribution in [2.75, 3.05) is 6.61 Å². The fraction of sp³-hybridized carbons (Fsp3) is 0.600. The van der Waals surface area contributed by atoms with E-state index in [9.17, 15) is 5.11 Å². The Balaban J connectivity index is 2.07. The van der Waals surface area contributed by atoms with Crippen LogP contribution in [0, 0.1) is 13.8 Å². The summed E-state index contributed by atoms with van der Waals surface area (Å²) in [4.78, 5) is 0. The molecule has 2 N–H and O–H groups in total. The lowest BCUT2D eigenvalue weighted by molar-refractivity contribution is 0.0881. The topological polar surface area (TPSA) is 41.5 Å². The quantitative estimate of drug-likeness (QED) is 0.865. The van der Waals surface area contributed by atoms with Crippen LogP contribution in [0.25, 0.3) is 0 Å². The molecule has 2 atom stereocenters. The first kappa shape index (κ1) is 13.4.